The fourth-order valence-corrected chi connectivity index (χ4v) is 5.57. The highest BCUT2D eigenvalue weighted by Gasteiger charge is 2.18. The smallest absolute Gasteiger partial charge is 0.0988 e. The van der Waals surface area contributed by atoms with Gasteiger partial charge in [-0.1, -0.05) is 109 Å². The highest BCUT2D eigenvalue weighted by molar-refractivity contribution is 6.05. The molecule has 0 amide bonds. The van der Waals surface area contributed by atoms with Crippen LogP contribution in [0.25, 0.3) is 77.4 Å². The maximum absolute atomic E-state index is 5.33. The molecule has 3 heterocycles. The molecule has 0 aliphatic carbocycles. The Morgan fingerprint density at radius 1 is 0.400 bits per heavy atom. The van der Waals surface area contributed by atoms with Crippen molar-refractivity contribution in [1.29, 1.82) is 0 Å². The van der Waals surface area contributed by atoms with E-state index in [1.165, 1.54) is 5.39 Å². The topological polar surface area (TPSA) is 51.6 Å². The Labute approximate surface area is 230 Å². The maximum Gasteiger partial charge on any atom is 0.0988 e. The molecule has 0 unspecified atom stereocenters. The van der Waals surface area contributed by atoms with Gasteiger partial charge in [-0.25, -0.2) is 15.0 Å². The van der Waals surface area contributed by atoms with Crippen molar-refractivity contribution in [1.82, 2.24) is 19.9 Å². The van der Waals surface area contributed by atoms with Crippen LogP contribution >= 0.6 is 0 Å². The molecule has 186 valence electrons. The summed E-state index contributed by atoms with van der Waals surface area (Å²) < 4.78 is 0. The van der Waals surface area contributed by atoms with Gasteiger partial charge in [-0.15, -0.1) is 0 Å². The van der Waals surface area contributed by atoms with Gasteiger partial charge in [0.15, 0.2) is 0 Å². The van der Waals surface area contributed by atoms with Crippen LogP contribution in [0.2, 0.25) is 0 Å². The lowest BCUT2D eigenvalue weighted by molar-refractivity contribution is 1.29. The van der Waals surface area contributed by atoms with Crippen LogP contribution in [0.1, 0.15) is 0 Å². The monoisotopic (exact) mass is 510 g/mol. The van der Waals surface area contributed by atoms with E-state index in [0.717, 1.165) is 72.0 Å². The number of pyridine rings is 2. The van der Waals surface area contributed by atoms with E-state index in [1.54, 1.807) is 0 Å². The van der Waals surface area contributed by atoms with Crippen molar-refractivity contribution in [2.24, 2.45) is 0 Å². The molecule has 4 heteroatoms. The van der Waals surface area contributed by atoms with E-state index in [9.17, 15) is 0 Å². The van der Waals surface area contributed by atoms with Gasteiger partial charge >= 0.3 is 0 Å². The van der Waals surface area contributed by atoms with Crippen LogP contribution in [-0.2, 0) is 0 Å². The van der Waals surface area contributed by atoms with E-state index in [1.807, 2.05) is 42.6 Å². The molecule has 0 aliphatic rings. The Balaban J connectivity index is 1.42. The molecule has 40 heavy (non-hydrogen) atoms. The average molecular weight is 511 g/mol. The third-order valence-corrected chi connectivity index (χ3v) is 7.49. The van der Waals surface area contributed by atoms with Gasteiger partial charge in [0.05, 0.1) is 39.1 Å². The van der Waals surface area contributed by atoms with Gasteiger partial charge in [-0.3, -0.25) is 4.98 Å². The minimum absolute atomic E-state index is 0.824. The third-order valence-electron chi connectivity index (χ3n) is 7.49. The van der Waals surface area contributed by atoms with Crippen molar-refractivity contribution in [3.8, 4) is 33.8 Å². The summed E-state index contributed by atoms with van der Waals surface area (Å²) in [6, 6.07) is 43.6. The van der Waals surface area contributed by atoms with Crippen LogP contribution in [0.15, 0.2) is 134 Å². The van der Waals surface area contributed by atoms with E-state index in [0.29, 0.717) is 0 Å². The minimum Gasteiger partial charge on any atom is -0.254 e. The summed E-state index contributed by atoms with van der Waals surface area (Å²) in [5.41, 5.74) is 9.05. The van der Waals surface area contributed by atoms with Gasteiger partial charge in [0.25, 0.3) is 0 Å². The molecule has 0 atom stereocenters. The van der Waals surface area contributed by atoms with Crippen molar-refractivity contribution < 1.29 is 0 Å². The zero-order valence-electron chi connectivity index (χ0n) is 21.5. The van der Waals surface area contributed by atoms with Crippen LogP contribution in [0, 0.1) is 0 Å². The third kappa shape index (κ3) is 3.62. The molecule has 4 nitrogen and oxygen atoms in total. The minimum atomic E-state index is 0.824. The van der Waals surface area contributed by atoms with Crippen molar-refractivity contribution in [2.45, 2.75) is 0 Å². The molecule has 0 aliphatic heterocycles. The number of rotatable bonds is 3. The lowest BCUT2D eigenvalue weighted by atomic mass is 9.97. The highest BCUT2D eigenvalue weighted by atomic mass is 14.8. The van der Waals surface area contributed by atoms with Gasteiger partial charge < -0.3 is 0 Å². The predicted octanol–water partition coefficient (Wildman–Crippen LogP) is 8.88. The zero-order valence-corrected chi connectivity index (χ0v) is 21.5. The summed E-state index contributed by atoms with van der Waals surface area (Å²) in [5, 5.41) is 4.46. The zero-order chi connectivity index (χ0) is 26.5. The number of aromatic nitrogens is 4. The van der Waals surface area contributed by atoms with E-state index in [4.69, 9.17) is 15.0 Å². The molecule has 8 aromatic rings. The normalized spacial score (nSPS) is 11.5. The fraction of sp³-hybridized carbons (Fsp3) is 0. The standard InChI is InChI=1S/C36H22N4/c1-2-10-24(11-3-1)34-36(28-15-6-12-23-9-4-5-14-27(23)28)39-31-17-7-16-29(35(31)40-34)30-21-20-26-19-18-25-13-8-22-37-32(25)33(26)38-30/h1-22H. The lowest BCUT2D eigenvalue weighted by Crippen LogP contribution is -1.98. The van der Waals surface area contributed by atoms with Crippen LogP contribution in [0.4, 0.5) is 0 Å². The molecular weight excluding hydrogens is 488 g/mol. The van der Waals surface area contributed by atoms with Crippen molar-refractivity contribution >= 4 is 43.6 Å². The second kappa shape index (κ2) is 9.07. The SMILES string of the molecule is c1ccc(-c2nc3c(-c4ccc5ccc6cccnc6c5n4)cccc3nc2-c2cccc3ccccc23)cc1. The van der Waals surface area contributed by atoms with Crippen molar-refractivity contribution in [3.63, 3.8) is 0 Å². The number of benzene rings is 5. The quantitative estimate of drug-likeness (QED) is 0.223. The Bertz CT molecular complexity index is 2220. The molecule has 0 saturated heterocycles. The van der Waals surface area contributed by atoms with Crippen LogP contribution < -0.4 is 0 Å². The van der Waals surface area contributed by atoms with E-state index in [-0.39, 0.29) is 0 Å². The second-order valence-corrected chi connectivity index (χ2v) is 9.90. The molecule has 0 radical (unpaired) electrons. The number of nitrogens with zero attached hydrogens (tertiary/aromatic N) is 4. The number of para-hydroxylation sites is 1. The average Bonchev–Trinajstić information content (AvgIpc) is 3.03. The van der Waals surface area contributed by atoms with E-state index >= 15 is 0 Å². The summed E-state index contributed by atoms with van der Waals surface area (Å²) in [6.45, 7) is 0. The first-order valence-electron chi connectivity index (χ1n) is 13.3. The molecule has 8 rings (SSSR count). The summed E-state index contributed by atoms with van der Waals surface area (Å²) in [6.07, 6.45) is 1.82. The fourth-order valence-electron chi connectivity index (χ4n) is 5.57. The molecule has 0 spiro atoms. The van der Waals surface area contributed by atoms with Crippen molar-refractivity contribution in [3.05, 3.63) is 134 Å². The molecule has 5 aromatic carbocycles. The second-order valence-electron chi connectivity index (χ2n) is 9.90. The van der Waals surface area contributed by atoms with Gasteiger partial charge in [0.1, 0.15) is 0 Å². The lowest BCUT2D eigenvalue weighted by Gasteiger charge is -2.14. The predicted molar refractivity (Wildman–Crippen MR) is 164 cm³/mol. The molecule has 0 saturated carbocycles. The molecule has 0 fully saturated rings. The van der Waals surface area contributed by atoms with Gasteiger partial charge in [0.2, 0.25) is 0 Å². The first kappa shape index (κ1) is 22.5. The van der Waals surface area contributed by atoms with E-state index in [2.05, 4.69) is 96.0 Å². The van der Waals surface area contributed by atoms with Gasteiger partial charge in [0, 0.05) is 33.7 Å². The largest absolute Gasteiger partial charge is 0.254 e. The van der Waals surface area contributed by atoms with Crippen LogP contribution in [-0.4, -0.2) is 19.9 Å². The number of hydrogen-bond acceptors (Lipinski definition) is 4. The first-order chi connectivity index (χ1) is 19.8. The summed E-state index contributed by atoms with van der Waals surface area (Å²) >= 11 is 0. The van der Waals surface area contributed by atoms with Crippen LogP contribution in [0.3, 0.4) is 0 Å². The number of hydrogen-bond donors (Lipinski definition) is 0. The van der Waals surface area contributed by atoms with Crippen LogP contribution in [0.5, 0.6) is 0 Å². The molecule has 0 N–H and O–H groups in total. The van der Waals surface area contributed by atoms with E-state index < -0.39 is 0 Å². The molecular formula is C36H22N4. The maximum atomic E-state index is 5.33. The van der Waals surface area contributed by atoms with Gasteiger partial charge in [-0.2, -0.15) is 0 Å². The Morgan fingerprint density at radius 3 is 2.05 bits per heavy atom. The van der Waals surface area contributed by atoms with Crippen molar-refractivity contribution in [2.75, 3.05) is 0 Å². The Morgan fingerprint density at radius 2 is 1.12 bits per heavy atom. The van der Waals surface area contributed by atoms with Gasteiger partial charge in [-0.05, 0) is 29.0 Å². The Hall–Kier alpha value is -5.48. The summed E-state index contributed by atoms with van der Waals surface area (Å²) in [5.74, 6) is 0. The molecule has 0 bridgehead atoms. The Kier molecular flexibility index (Phi) is 5.10. The molecule has 3 aromatic heterocycles. The first-order valence-corrected chi connectivity index (χ1v) is 13.3. The highest BCUT2D eigenvalue weighted by Crippen LogP contribution is 2.37. The number of fused-ring (bicyclic) bond motifs is 5. The summed E-state index contributed by atoms with van der Waals surface area (Å²) in [7, 11) is 0. The summed E-state index contributed by atoms with van der Waals surface area (Å²) in [4.78, 5) is 20.4.